The second-order valence-corrected chi connectivity index (χ2v) is 4.83. The number of hydrogen-bond donors (Lipinski definition) is 0. The van der Waals surface area contributed by atoms with Crippen LogP contribution in [0.1, 0.15) is 21.1 Å². The molecule has 0 aliphatic heterocycles. The zero-order valence-electron chi connectivity index (χ0n) is 9.52. The van der Waals surface area contributed by atoms with Crippen molar-refractivity contribution >= 4 is 29.2 Å². The van der Waals surface area contributed by atoms with Crippen molar-refractivity contribution in [3.63, 3.8) is 0 Å². The lowest BCUT2D eigenvalue weighted by Gasteiger charge is -2.00. The number of hydrogen-bond acceptors (Lipinski definition) is 5. The molecule has 0 aromatic carbocycles. The van der Waals surface area contributed by atoms with Crippen molar-refractivity contribution in [3.8, 4) is 10.9 Å². The van der Waals surface area contributed by atoms with E-state index in [0.717, 1.165) is 22.7 Å². The van der Waals surface area contributed by atoms with Gasteiger partial charge in [0.1, 0.15) is 10.6 Å². The van der Waals surface area contributed by atoms with Crippen LogP contribution in [0, 0.1) is 13.8 Å². The molecule has 5 nitrogen and oxygen atoms in total. The number of halogens is 1. The summed E-state index contributed by atoms with van der Waals surface area (Å²) in [7, 11) is 1.83. The number of carbonyl (C=O) groups excluding carboxylic acids is 1. The van der Waals surface area contributed by atoms with E-state index < -0.39 is 0 Å². The largest absolute Gasteiger partial charge is 0.427 e. The number of aldehydes is 1. The van der Waals surface area contributed by atoms with Crippen LogP contribution in [0.2, 0.25) is 5.15 Å². The van der Waals surface area contributed by atoms with Crippen LogP contribution in [-0.4, -0.2) is 21.1 Å². The second kappa shape index (κ2) is 4.46. The highest BCUT2D eigenvalue weighted by molar-refractivity contribution is 7.15. The summed E-state index contributed by atoms with van der Waals surface area (Å²) in [5, 5.41) is 4.73. The number of rotatable bonds is 3. The quantitative estimate of drug-likeness (QED) is 0.806. The molecule has 0 N–H and O–H groups in total. The maximum absolute atomic E-state index is 10.6. The van der Waals surface area contributed by atoms with Crippen LogP contribution in [0.4, 0.5) is 0 Å². The third kappa shape index (κ3) is 2.18. The van der Waals surface area contributed by atoms with Gasteiger partial charge in [0.2, 0.25) is 0 Å². The summed E-state index contributed by atoms with van der Waals surface area (Å²) in [5.41, 5.74) is 1.66. The minimum absolute atomic E-state index is 0.166. The highest BCUT2D eigenvalue weighted by atomic mass is 35.5. The molecule has 0 bridgehead atoms. The van der Waals surface area contributed by atoms with Gasteiger partial charge in [0.25, 0.3) is 5.19 Å². The first kappa shape index (κ1) is 12.1. The maximum atomic E-state index is 10.6. The van der Waals surface area contributed by atoms with Crippen molar-refractivity contribution in [2.45, 2.75) is 13.8 Å². The Balaban J connectivity index is 2.34. The van der Waals surface area contributed by atoms with E-state index in [1.165, 1.54) is 0 Å². The first-order chi connectivity index (χ1) is 8.02. The first-order valence-electron chi connectivity index (χ1n) is 4.82. The number of aromatic nitrogens is 3. The number of carbonyl (C=O) groups is 1. The molecule has 2 aromatic rings. The van der Waals surface area contributed by atoms with Crippen molar-refractivity contribution in [1.29, 1.82) is 0 Å². The van der Waals surface area contributed by atoms with Gasteiger partial charge in [-0.25, -0.2) is 0 Å². The van der Waals surface area contributed by atoms with Crippen molar-refractivity contribution < 1.29 is 9.53 Å². The number of aryl methyl sites for hydroxylation is 2. The topological polar surface area (TPSA) is 57.0 Å². The van der Waals surface area contributed by atoms with Crippen LogP contribution >= 0.6 is 22.9 Å². The Hall–Kier alpha value is -1.40. The van der Waals surface area contributed by atoms with E-state index in [9.17, 15) is 4.79 Å². The fourth-order valence-corrected chi connectivity index (χ4v) is 2.31. The van der Waals surface area contributed by atoms with E-state index in [4.69, 9.17) is 16.3 Å². The molecule has 0 aliphatic carbocycles. The molecule has 7 heteroatoms. The summed E-state index contributed by atoms with van der Waals surface area (Å²) >= 11 is 6.87. The Morgan fingerprint density at radius 3 is 2.65 bits per heavy atom. The molecule has 0 aliphatic rings. The molecule has 0 radical (unpaired) electrons. The highest BCUT2D eigenvalue weighted by Gasteiger charge is 2.15. The molecule has 0 spiro atoms. The Morgan fingerprint density at radius 2 is 2.18 bits per heavy atom. The molecule has 17 heavy (non-hydrogen) atoms. The van der Waals surface area contributed by atoms with Crippen molar-refractivity contribution in [3.05, 3.63) is 21.4 Å². The van der Waals surface area contributed by atoms with Gasteiger partial charge in [0.05, 0.1) is 5.69 Å². The van der Waals surface area contributed by atoms with Gasteiger partial charge in [-0.2, -0.15) is 10.1 Å². The van der Waals surface area contributed by atoms with Crippen molar-refractivity contribution in [2.24, 2.45) is 7.05 Å². The maximum Gasteiger partial charge on any atom is 0.280 e. The third-order valence-corrected chi connectivity index (χ3v) is 3.59. The van der Waals surface area contributed by atoms with Crippen LogP contribution < -0.4 is 4.74 Å². The van der Waals surface area contributed by atoms with Crippen molar-refractivity contribution in [2.75, 3.05) is 0 Å². The van der Waals surface area contributed by atoms with Crippen LogP contribution in [0.25, 0.3) is 0 Å². The van der Waals surface area contributed by atoms with E-state index in [1.54, 1.807) is 4.68 Å². The Labute approximate surface area is 107 Å². The number of ether oxygens (including phenoxy) is 1. The predicted molar refractivity (Wildman–Crippen MR) is 65.3 cm³/mol. The van der Waals surface area contributed by atoms with Crippen LogP contribution in [0.5, 0.6) is 10.9 Å². The lowest BCUT2D eigenvalue weighted by molar-refractivity contribution is 0.112. The normalized spacial score (nSPS) is 10.6. The molecular formula is C10H10ClN3O2S. The predicted octanol–water partition coefficient (Wildman–Crippen LogP) is 2.75. The molecule has 0 saturated carbocycles. The van der Waals surface area contributed by atoms with Gasteiger partial charge < -0.3 is 4.74 Å². The Morgan fingerprint density at radius 1 is 1.47 bits per heavy atom. The highest BCUT2D eigenvalue weighted by Crippen LogP contribution is 2.33. The van der Waals surface area contributed by atoms with Crippen LogP contribution in [0.3, 0.4) is 0 Å². The molecule has 90 valence electrons. The standard InChI is InChI=1S/C10H10ClN3O2S/c1-5-8(6(2)14(3)13-5)16-10-12-9(11)7(4-15)17-10/h4H,1-3H3. The van der Waals surface area contributed by atoms with Gasteiger partial charge in [-0.15, -0.1) is 0 Å². The summed E-state index contributed by atoms with van der Waals surface area (Å²) < 4.78 is 7.33. The van der Waals surface area contributed by atoms with Gasteiger partial charge in [0, 0.05) is 7.05 Å². The van der Waals surface area contributed by atoms with E-state index >= 15 is 0 Å². The lowest BCUT2D eigenvalue weighted by Crippen LogP contribution is -1.92. The smallest absolute Gasteiger partial charge is 0.280 e. The Bertz CT molecular complexity index is 576. The summed E-state index contributed by atoms with van der Waals surface area (Å²) in [6, 6.07) is 0. The van der Waals surface area contributed by atoms with E-state index in [-0.39, 0.29) is 5.15 Å². The molecule has 0 amide bonds. The van der Waals surface area contributed by atoms with Gasteiger partial charge >= 0.3 is 0 Å². The zero-order valence-corrected chi connectivity index (χ0v) is 11.1. The minimum atomic E-state index is 0.166. The Kier molecular flexibility index (Phi) is 3.17. The fourth-order valence-electron chi connectivity index (χ4n) is 1.40. The molecule has 2 rings (SSSR count). The van der Waals surface area contributed by atoms with E-state index in [1.807, 2.05) is 20.9 Å². The molecular weight excluding hydrogens is 262 g/mol. The number of thiazole rings is 1. The van der Waals surface area contributed by atoms with Gasteiger partial charge in [-0.1, -0.05) is 22.9 Å². The lowest BCUT2D eigenvalue weighted by atomic mass is 10.3. The van der Waals surface area contributed by atoms with Crippen molar-refractivity contribution in [1.82, 2.24) is 14.8 Å². The molecule has 2 aromatic heterocycles. The minimum Gasteiger partial charge on any atom is -0.427 e. The summed E-state index contributed by atoms with van der Waals surface area (Å²) in [6.07, 6.45) is 0.663. The van der Waals surface area contributed by atoms with E-state index in [2.05, 4.69) is 10.1 Å². The SMILES string of the molecule is Cc1nn(C)c(C)c1Oc1nc(Cl)c(C=O)s1. The summed E-state index contributed by atoms with van der Waals surface area (Å²) in [4.78, 5) is 15.0. The summed E-state index contributed by atoms with van der Waals surface area (Å²) in [5.74, 6) is 0.648. The van der Waals surface area contributed by atoms with E-state index in [0.29, 0.717) is 22.1 Å². The summed E-state index contributed by atoms with van der Waals surface area (Å²) in [6.45, 7) is 3.74. The zero-order chi connectivity index (χ0) is 12.6. The molecule has 0 unspecified atom stereocenters. The van der Waals surface area contributed by atoms with Crippen LogP contribution in [-0.2, 0) is 7.05 Å². The molecule has 0 fully saturated rings. The number of nitrogens with zero attached hydrogens (tertiary/aromatic N) is 3. The van der Waals surface area contributed by atoms with Gasteiger partial charge in [-0.05, 0) is 13.8 Å². The van der Waals surface area contributed by atoms with Gasteiger partial charge in [-0.3, -0.25) is 9.48 Å². The third-order valence-electron chi connectivity index (χ3n) is 2.33. The monoisotopic (exact) mass is 271 g/mol. The molecule has 0 saturated heterocycles. The average molecular weight is 272 g/mol. The van der Waals surface area contributed by atoms with Gasteiger partial charge in [0.15, 0.2) is 17.2 Å². The fraction of sp³-hybridized carbons (Fsp3) is 0.300. The second-order valence-electron chi connectivity index (χ2n) is 3.48. The average Bonchev–Trinajstić information content (AvgIpc) is 2.74. The van der Waals surface area contributed by atoms with Crippen LogP contribution in [0.15, 0.2) is 0 Å². The molecule has 0 atom stereocenters. The molecule has 2 heterocycles. The first-order valence-corrected chi connectivity index (χ1v) is 6.02.